The molecule has 1 aromatic rings. The zero-order valence-electron chi connectivity index (χ0n) is 9.78. The Morgan fingerprint density at radius 3 is 2.62 bits per heavy atom. The zero-order chi connectivity index (χ0) is 12.1. The Labute approximate surface area is 102 Å². The predicted molar refractivity (Wildman–Crippen MR) is 69.0 cm³/mol. The SMILES string of the molecule is CCN(CCO)c1ccc([C@H](C)N)cc1Cl. The molecule has 1 atom stereocenters. The number of hydrogen-bond acceptors (Lipinski definition) is 3. The van der Waals surface area contributed by atoms with Gasteiger partial charge in [-0.15, -0.1) is 0 Å². The molecule has 3 nitrogen and oxygen atoms in total. The molecule has 0 aromatic heterocycles. The van der Waals surface area contributed by atoms with Gasteiger partial charge in [0.25, 0.3) is 0 Å². The van der Waals surface area contributed by atoms with Gasteiger partial charge in [-0.25, -0.2) is 0 Å². The van der Waals surface area contributed by atoms with Gasteiger partial charge in [-0.1, -0.05) is 17.7 Å². The summed E-state index contributed by atoms with van der Waals surface area (Å²) in [6, 6.07) is 5.81. The van der Waals surface area contributed by atoms with E-state index in [0.29, 0.717) is 11.6 Å². The Balaban J connectivity index is 2.96. The summed E-state index contributed by atoms with van der Waals surface area (Å²) in [5.74, 6) is 0. The van der Waals surface area contributed by atoms with E-state index in [1.807, 2.05) is 36.9 Å². The summed E-state index contributed by atoms with van der Waals surface area (Å²) in [6.07, 6.45) is 0. The van der Waals surface area contributed by atoms with Crippen molar-refractivity contribution in [3.05, 3.63) is 28.8 Å². The molecule has 0 aliphatic rings. The summed E-state index contributed by atoms with van der Waals surface area (Å²) >= 11 is 6.20. The largest absolute Gasteiger partial charge is 0.395 e. The Bertz CT molecular complexity index is 342. The number of aliphatic hydroxyl groups excluding tert-OH is 1. The first-order valence-electron chi connectivity index (χ1n) is 5.51. The Kier molecular flexibility index (Phi) is 5.06. The van der Waals surface area contributed by atoms with E-state index >= 15 is 0 Å². The molecule has 1 aromatic carbocycles. The van der Waals surface area contributed by atoms with Gasteiger partial charge in [-0.3, -0.25) is 0 Å². The van der Waals surface area contributed by atoms with Gasteiger partial charge in [-0.05, 0) is 31.5 Å². The van der Waals surface area contributed by atoms with Crippen molar-refractivity contribution in [2.45, 2.75) is 19.9 Å². The van der Waals surface area contributed by atoms with Crippen molar-refractivity contribution in [3.8, 4) is 0 Å². The molecule has 16 heavy (non-hydrogen) atoms. The number of likely N-dealkylation sites (N-methyl/N-ethyl adjacent to an activating group) is 1. The number of nitrogens with two attached hydrogens (primary N) is 1. The van der Waals surface area contributed by atoms with Crippen molar-refractivity contribution in [2.24, 2.45) is 5.73 Å². The molecule has 0 bridgehead atoms. The molecular formula is C12H19ClN2O. The highest BCUT2D eigenvalue weighted by atomic mass is 35.5. The van der Waals surface area contributed by atoms with Crippen LogP contribution in [0.2, 0.25) is 5.02 Å². The van der Waals surface area contributed by atoms with Crippen LogP contribution in [0.15, 0.2) is 18.2 Å². The predicted octanol–water partition coefficient (Wildman–Crippen LogP) is 2.18. The maximum atomic E-state index is 8.96. The molecule has 0 saturated heterocycles. The second kappa shape index (κ2) is 6.09. The van der Waals surface area contributed by atoms with Gasteiger partial charge < -0.3 is 15.7 Å². The minimum absolute atomic E-state index is 0.0144. The van der Waals surface area contributed by atoms with Crippen molar-refractivity contribution in [2.75, 3.05) is 24.6 Å². The third kappa shape index (κ3) is 3.11. The first kappa shape index (κ1) is 13.3. The van der Waals surface area contributed by atoms with Crippen molar-refractivity contribution in [1.82, 2.24) is 0 Å². The van der Waals surface area contributed by atoms with Gasteiger partial charge in [0.2, 0.25) is 0 Å². The van der Waals surface area contributed by atoms with Crippen LogP contribution in [0.3, 0.4) is 0 Å². The van der Waals surface area contributed by atoms with Crippen LogP contribution in [-0.4, -0.2) is 24.8 Å². The van der Waals surface area contributed by atoms with E-state index in [4.69, 9.17) is 22.4 Å². The number of aliphatic hydroxyl groups is 1. The van der Waals surface area contributed by atoms with Gasteiger partial charge in [0, 0.05) is 19.1 Å². The molecule has 0 spiro atoms. The lowest BCUT2D eigenvalue weighted by atomic mass is 10.1. The zero-order valence-corrected chi connectivity index (χ0v) is 10.5. The minimum Gasteiger partial charge on any atom is -0.395 e. The lowest BCUT2D eigenvalue weighted by Crippen LogP contribution is -2.26. The van der Waals surface area contributed by atoms with Gasteiger partial charge in [0.15, 0.2) is 0 Å². The van der Waals surface area contributed by atoms with Crippen molar-refractivity contribution in [1.29, 1.82) is 0 Å². The third-order valence-corrected chi connectivity index (χ3v) is 2.89. The maximum absolute atomic E-state index is 8.96. The first-order chi connectivity index (χ1) is 7.60. The topological polar surface area (TPSA) is 49.5 Å². The number of hydrogen-bond donors (Lipinski definition) is 2. The van der Waals surface area contributed by atoms with Gasteiger partial charge in [-0.2, -0.15) is 0 Å². The van der Waals surface area contributed by atoms with Crippen molar-refractivity contribution < 1.29 is 5.11 Å². The molecule has 0 heterocycles. The van der Waals surface area contributed by atoms with E-state index in [9.17, 15) is 0 Å². The maximum Gasteiger partial charge on any atom is 0.0642 e. The van der Waals surface area contributed by atoms with Gasteiger partial charge >= 0.3 is 0 Å². The van der Waals surface area contributed by atoms with Gasteiger partial charge in [0.05, 0.1) is 17.3 Å². The van der Waals surface area contributed by atoms with E-state index in [1.54, 1.807) is 0 Å². The number of halogens is 1. The molecule has 0 fully saturated rings. The monoisotopic (exact) mass is 242 g/mol. The summed E-state index contributed by atoms with van der Waals surface area (Å²) in [4.78, 5) is 2.04. The van der Waals surface area contributed by atoms with Crippen LogP contribution in [0.4, 0.5) is 5.69 Å². The summed E-state index contributed by atoms with van der Waals surface area (Å²) in [7, 11) is 0. The van der Waals surface area contributed by atoms with E-state index in [1.165, 1.54) is 0 Å². The summed E-state index contributed by atoms with van der Waals surface area (Å²) in [5.41, 5.74) is 7.76. The van der Waals surface area contributed by atoms with Crippen LogP contribution in [0.1, 0.15) is 25.5 Å². The summed E-state index contributed by atoms with van der Waals surface area (Å²) < 4.78 is 0. The summed E-state index contributed by atoms with van der Waals surface area (Å²) in [5, 5.41) is 9.64. The number of nitrogens with zero attached hydrogens (tertiary/aromatic N) is 1. The first-order valence-corrected chi connectivity index (χ1v) is 5.88. The van der Waals surface area contributed by atoms with Crippen LogP contribution in [0.5, 0.6) is 0 Å². The third-order valence-electron chi connectivity index (χ3n) is 2.59. The van der Waals surface area contributed by atoms with E-state index < -0.39 is 0 Å². The van der Waals surface area contributed by atoms with E-state index in [0.717, 1.165) is 17.8 Å². The normalized spacial score (nSPS) is 12.6. The fraction of sp³-hybridized carbons (Fsp3) is 0.500. The van der Waals surface area contributed by atoms with Crippen LogP contribution in [0.25, 0.3) is 0 Å². The number of anilines is 1. The fourth-order valence-corrected chi connectivity index (χ4v) is 1.94. The quantitative estimate of drug-likeness (QED) is 0.832. The van der Waals surface area contributed by atoms with Crippen LogP contribution in [-0.2, 0) is 0 Å². The standard InChI is InChI=1S/C12H19ClN2O/c1-3-15(6-7-16)12-5-4-10(9(2)14)8-11(12)13/h4-5,8-9,16H,3,6-7,14H2,1-2H3/t9-/m0/s1. The Hall–Kier alpha value is -0.770. The minimum atomic E-state index is -0.0144. The average molecular weight is 243 g/mol. The highest BCUT2D eigenvalue weighted by molar-refractivity contribution is 6.33. The lowest BCUT2D eigenvalue weighted by molar-refractivity contribution is 0.302. The molecule has 0 radical (unpaired) electrons. The molecule has 4 heteroatoms. The van der Waals surface area contributed by atoms with E-state index in [2.05, 4.69) is 0 Å². The highest BCUT2D eigenvalue weighted by Gasteiger charge is 2.09. The fourth-order valence-electron chi connectivity index (χ4n) is 1.63. The van der Waals surface area contributed by atoms with E-state index in [-0.39, 0.29) is 12.6 Å². The van der Waals surface area contributed by atoms with Gasteiger partial charge in [0.1, 0.15) is 0 Å². The molecule has 0 unspecified atom stereocenters. The molecule has 0 amide bonds. The number of benzene rings is 1. The molecule has 1 rings (SSSR count). The van der Waals surface area contributed by atoms with Crippen molar-refractivity contribution in [3.63, 3.8) is 0 Å². The average Bonchev–Trinajstić information content (AvgIpc) is 2.26. The molecular weight excluding hydrogens is 224 g/mol. The number of rotatable bonds is 5. The van der Waals surface area contributed by atoms with Crippen LogP contribution < -0.4 is 10.6 Å². The summed E-state index contributed by atoms with van der Waals surface area (Å²) in [6.45, 7) is 5.49. The molecule has 0 saturated carbocycles. The Morgan fingerprint density at radius 2 is 2.19 bits per heavy atom. The highest BCUT2D eigenvalue weighted by Crippen LogP contribution is 2.28. The van der Waals surface area contributed by atoms with Crippen molar-refractivity contribution >= 4 is 17.3 Å². The lowest BCUT2D eigenvalue weighted by Gasteiger charge is -2.23. The second-order valence-electron chi connectivity index (χ2n) is 3.80. The van der Waals surface area contributed by atoms with Crippen LogP contribution in [0, 0.1) is 0 Å². The van der Waals surface area contributed by atoms with Crippen LogP contribution >= 0.6 is 11.6 Å². The Morgan fingerprint density at radius 1 is 1.50 bits per heavy atom. The molecule has 90 valence electrons. The second-order valence-corrected chi connectivity index (χ2v) is 4.21. The molecule has 0 aliphatic heterocycles. The molecule has 3 N–H and O–H groups in total. The molecule has 0 aliphatic carbocycles. The smallest absolute Gasteiger partial charge is 0.0642 e.